The molecule has 1 saturated heterocycles. The number of rotatable bonds is 6. The molecule has 1 saturated carbocycles. The van der Waals surface area contributed by atoms with E-state index in [0.29, 0.717) is 19.6 Å². The molecule has 2 aliphatic carbocycles. The first-order valence-corrected chi connectivity index (χ1v) is 14.2. The van der Waals surface area contributed by atoms with E-state index in [9.17, 15) is 4.79 Å². The summed E-state index contributed by atoms with van der Waals surface area (Å²) in [5.41, 5.74) is 1.08. The van der Waals surface area contributed by atoms with Gasteiger partial charge < -0.3 is 13.9 Å². The Morgan fingerprint density at radius 2 is 1.93 bits per heavy atom. The zero-order valence-electron chi connectivity index (χ0n) is 19.0. The first-order valence-electron chi connectivity index (χ1n) is 11.3. The van der Waals surface area contributed by atoms with Crippen LogP contribution in [0.3, 0.4) is 0 Å². The summed E-state index contributed by atoms with van der Waals surface area (Å²) in [6.07, 6.45) is 6.57. The minimum Gasteiger partial charge on any atom is -0.414 e. The van der Waals surface area contributed by atoms with Gasteiger partial charge in [-0.05, 0) is 42.6 Å². The SMILES string of the molecule is CC(C)(C)[Si](C)(C)O[C@@H]1CC[C@]23C=CC(=O)C[C@H]2O[C@@H](COCc2ccccc2)[C@H]13. The second kappa shape index (κ2) is 8.01. The van der Waals surface area contributed by atoms with Crippen molar-refractivity contribution in [2.75, 3.05) is 6.61 Å². The predicted molar refractivity (Wildman–Crippen MR) is 121 cm³/mol. The Labute approximate surface area is 182 Å². The summed E-state index contributed by atoms with van der Waals surface area (Å²) in [7, 11) is -1.90. The lowest BCUT2D eigenvalue weighted by molar-refractivity contribution is -0.120. The smallest absolute Gasteiger partial charge is 0.192 e. The van der Waals surface area contributed by atoms with Crippen LogP contribution in [0.4, 0.5) is 0 Å². The van der Waals surface area contributed by atoms with Gasteiger partial charge in [-0.2, -0.15) is 0 Å². The van der Waals surface area contributed by atoms with Crippen LogP contribution < -0.4 is 0 Å². The molecule has 5 heteroatoms. The van der Waals surface area contributed by atoms with Crippen LogP contribution in [-0.4, -0.2) is 39.0 Å². The van der Waals surface area contributed by atoms with E-state index in [1.165, 1.54) is 0 Å². The van der Waals surface area contributed by atoms with Gasteiger partial charge in [0.05, 0.1) is 31.5 Å². The Balaban J connectivity index is 1.53. The van der Waals surface area contributed by atoms with Crippen molar-refractivity contribution in [2.45, 2.75) is 83.1 Å². The van der Waals surface area contributed by atoms with Crippen molar-refractivity contribution in [2.24, 2.45) is 11.3 Å². The summed E-state index contributed by atoms with van der Waals surface area (Å²) < 4.78 is 19.5. The van der Waals surface area contributed by atoms with Crippen molar-refractivity contribution in [3.63, 3.8) is 0 Å². The molecule has 3 aliphatic rings. The minimum atomic E-state index is -1.90. The molecule has 0 bridgehead atoms. The third kappa shape index (κ3) is 3.97. The maximum Gasteiger partial charge on any atom is 0.192 e. The zero-order valence-corrected chi connectivity index (χ0v) is 20.0. The molecule has 164 valence electrons. The van der Waals surface area contributed by atoms with Crippen molar-refractivity contribution < 1.29 is 18.7 Å². The summed E-state index contributed by atoms with van der Waals surface area (Å²) in [5.74, 6) is 0.417. The van der Waals surface area contributed by atoms with Crippen LogP contribution in [0, 0.1) is 11.3 Å². The molecule has 0 aromatic heterocycles. The van der Waals surface area contributed by atoms with Gasteiger partial charge in [-0.1, -0.05) is 57.2 Å². The molecule has 5 atom stereocenters. The van der Waals surface area contributed by atoms with Gasteiger partial charge in [-0.3, -0.25) is 4.79 Å². The van der Waals surface area contributed by atoms with E-state index in [4.69, 9.17) is 13.9 Å². The quantitative estimate of drug-likeness (QED) is 0.578. The molecule has 1 aromatic rings. The Bertz CT molecular complexity index is 797. The molecular weight excluding hydrogens is 392 g/mol. The lowest BCUT2D eigenvalue weighted by Gasteiger charge is -2.41. The highest BCUT2D eigenvalue weighted by Crippen LogP contribution is 2.59. The largest absolute Gasteiger partial charge is 0.414 e. The summed E-state index contributed by atoms with van der Waals surface area (Å²) >= 11 is 0. The highest BCUT2D eigenvalue weighted by atomic mass is 28.4. The van der Waals surface area contributed by atoms with Crippen molar-refractivity contribution in [3.8, 4) is 0 Å². The monoisotopic (exact) mass is 428 g/mol. The van der Waals surface area contributed by atoms with Crippen LogP contribution in [0.1, 0.15) is 45.6 Å². The van der Waals surface area contributed by atoms with Gasteiger partial charge >= 0.3 is 0 Å². The zero-order chi connectivity index (χ0) is 21.6. The number of ketones is 1. The maximum absolute atomic E-state index is 12.1. The van der Waals surface area contributed by atoms with E-state index >= 15 is 0 Å². The van der Waals surface area contributed by atoms with Crippen molar-refractivity contribution >= 4 is 14.1 Å². The molecular formula is C25H36O4Si. The minimum absolute atomic E-state index is 0.0356. The van der Waals surface area contributed by atoms with Crippen LogP contribution in [0.2, 0.25) is 18.1 Å². The van der Waals surface area contributed by atoms with E-state index in [0.717, 1.165) is 18.4 Å². The molecule has 0 radical (unpaired) electrons. The third-order valence-corrected chi connectivity index (χ3v) is 12.3. The van der Waals surface area contributed by atoms with Gasteiger partial charge in [0, 0.05) is 17.8 Å². The average Bonchev–Trinajstić information content (AvgIpc) is 3.17. The van der Waals surface area contributed by atoms with Crippen molar-refractivity contribution in [1.29, 1.82) is 0 Å². The molecule has 1 aromatic carbocycles. The summed E-state index contributed by atoms with van der Waals surface area (Å²) in [6, 6.07) is 10.2. The van der Waals surface area contributed by atoms with E-state index in [2.05, 4.69) is 52.1 Å². The van der Waals surface area contributed by atoms with Gasteiger partial charge in [0.15, 0.2) is 14.1 Å². The highest BCUT2D eigenvalue weighted by molar-refractivity contribution is 6.74. The Hall–Kier alpha value is -1.27. The molecule has 0 amide bonds. The van der Waals surface area contributed by atoms with Gasteiger partial charge in [0.25, 0.3) is 0 Å². The Kier molecular flexibility index (Phi) is 5.86. The molecule has 2 fully saturated rings. The van der Waals surface area contributed by atoms with Gasteiger partial charge in [0.1, 0.15) is 0 Å². The second-order valence-electron chi connectivity index (χ2n) is 10.8. The standard InChI is InChI=1S/C25H36O4Si/c1-24(2,3)30(4,5)29-20-12-14-25-13-11-19(26)15-22(25)28-21(23(20)25)17-27-16-18-9-7-6-8-10-18/h6-11,13,20-23H,12,14-17H2,1-5H3/t20-,21+,22-,23+,25-/m1/s1. The van der Waals surface area contributed by atoms with Crippen molar-refractivity contribution in [3.05, 3.63) is 48.0 Å². The molecule has 1 heterocycles. The van der Waals surface area contributed by atoms with Crippen LogP contribution in [0.25, 0.3) is 0 Å². The van der Waals surface area contributed by atoms with Gasteiger partial charge in [0.2, 0.25) is 0 Å². The van der Waals surface area contributed by atoms with Crippen LogP contribution >= 0.6 is 0 Å². The molecule has 0 N–H and O–H groups in total. The second-order valence-corrected chi connectivity index (χ2v) is 15.5. The van der Waals surface area contributed by atoms with Gasteiger partial charge in [-0.15, -0.1) is 0 Å². The number of allylic oxidation sites excluding steroid dienone is 1. The summed E-state index contributed by atoms with van der Waals surface area (Å²) in [6.45, 7) is 12.6. The van der Waals surface area contributed by atoms with E-state index in [1.54, 1.807) is 6.08 Å². The normalized spacial score (nSPS) is 33.6. The topological polar surface area (TPSA) is 44.8 Å². The third-order valence-electron chi connectivity index (χ3n) is 7.83. The lowest BCUT2D eigenvalue weighted by Crippen LogP contribution is -2.47. The maximum atomic E-state index is 12.1. The number of hydrogen-bond acceptors (Lipinski definition) is 4. The van der Waals surface area contributed by atoms with Crippen LogP contribution in [-0.2, 0) is 25.3 Å². The molecule has 30 heavy (non-hydrogen) atoms. The van der Waals surface area contributed by atoms with Crippen LogP contribution in [0.15, 0.2) is 42.5 Å². The molecule has 1 spiro atoms. The predicted octanol–water partition coefficient (Wildman–Crippen LogP) is 5.29. The fourth-order valence-electron chi connectivity index (χ4n) is 5.20. The molecule has 4 nitrogen and oxygen atoms in total. The Morgan fingerprint density at radius 3 is 2.63 bits per heavy atom. The van der Waals surface area contributed by atoms with E-state index < -0.39 is 8.32 Å². The number of hydrogen-bond donors (Lipinski definition) is 0. The lowest BCUT2D eigenvalue weighted by atomic mass is 9.69. The number of ether oxygens (including phenoxy) is 2. The number of benzene rings is 1. The summed E-state index contributed by atoms with van der Waals surface area (Å²) in [4.78, 5) is 12.1. The fourth-order valence-corrected chi connectivity index (χ4v) is 6.58. The molecule has 1 aliphatic heterocycles. The molecule has 0 unspecified atom stereocenters. The van der Waals surface area contributed by atoms with E-state index in [1.807, 2.05) is 18.2 Å². The fraction of sp³-hybridized carbons (Fsp3) is 0.640. The molecule has 4 rings (SSSR count). The van der Waals surface area contributed by atoms with Crippen molar-refractivity contribution in [1.82, 2.24) is 0 Å². The summed E-state index contributed by atoms with van der Waals surface area (Å²) in [5, 5.41) is 0.166. The van der Waals surface area contributed by atoms with Gasteiger partial charge in [-0.25, -0.2) is 0 Å². The average molecular weight is 429 g/mol. The number of carbonyl (C=O) groups excluding carboxylic acids is 1. The first-order chi connectivity index (χ1) is 14.1. The first kappa shape index (κ1) is 21.9. The Morgan fingerprint density at radius 1 is 1.20 bits per heavy atom. The van der Waals surface area contributed by atoms with E-state index in [-0.39, 0.29) is 40.5 Å². The van der Waals surface area contributed by atoms with Crippen LogP contribution in [0.5, 0.6) is 0 Å². The highest BCUT2D eigenvalue weighted by Gasteiger charge is 2.63. The number of carbonyl (C=O) groups is 1.